The molecule has 4 aromatic rings. The molecule has 0 spiro atoms. The third-order valence-electron chi connectivity index (χ3n) is 5.12. The van der Waals surface area contributed by atoms with Crippen LogP contribution in [0.3, 0.4) is 0 Å². The molecule has 7 nitrogen and oxygen atoms in total. The lowest BCUT2D eigenvalue weighted by Gasteiger charge is -2.20. The van der Waals surface area contributed by atoms with E-state index in [9.17, 15) is 14.0 Å². The molecule has 0 atom stereocenters. The van der Waals surface area contributed by atoms with Gasteiger partial charge in [-0.05, 0) is 61.0 Å². The van der Waals surface area contributed by atoms with E-state index in [1.54, 1.807) is 29.6 Å². The zero-order valence-corrected chi connectivity index (χ0v) is 20.3. The molecule has 35 heavy (non-hydrogen) atoms. The number of aromatic nitrogens is 1. The van der Waals surface area contributed by atoms with Crippen LogP contribution in [-0.4, -0.2) is 28.2 Å². The molecule has 0 saturated heterocycles. The molecule has 0 aliphatic carbocycles. The van der Waals surface area contributed by atoms with Gasteiger partial charge in [-0.25, -0.2) is 9.37 Å². The Morgan fingerprint density at radius 2 is 1.97 bits per heavy atom. The van der Waals surface area contributed by atoms with Crippen LogP contribution < -0.4 is 10.6 Å². The summed E-state index contributed by atoms with van der Waals surface area (Å²) in [7, 11) is 0. The van der Waals surface area contributed by atoms with E-state index in [-0.39, 0.29) is 42.8 Å². The predicted octanol–water partition coefficient (Wildman–Crippen LogP) is 6.25. The molecule has 2 N–H and O–H groups in total. The number of amides is 2. The van der Waals surface area contributed by atoms with Crippen molar-refractivity contribution in [2.75, 3.05) is 17.2 Å². The van der Waals surface area contributed by atoms with E-state index in [1.807, 2.05) is 13.0 Å². The van der Waals surface area contributed by atoms with Gasteiger partial charge in [0, 0.05) is 34.7 Å². The SMILES string of the molecule is Cc1ccc(Cl)cc1Nc1nc(C(=O)N(CCC(=O)Nc2ccc(F)cc2)Cc2ccco2)cs1. The lowest BCUT2D eigenvalue weighted by Crippen LogP contribution is -2.33. The fourth-order valence-electron chi connectivity index (χ4n) is 3.27. The highest BCUT2D eigenvalue weighted by molar-refractivity contribution is 7.14. The summed E-state index contributed by atoms with van der Waals surface area (Å²) >= 11 is 7.38. The Hall–Kier alpha value is -3.69. The van der Waals surface area contributed by atoms with E-state index in [0.717, 1.165) is 11.3 Å². The number of nitrogens with zero attached hydrogens (tertiary/aromatic N) is 2. The smallest absolute Gasteiger partial charge is 0.273 e. The van der Waals surface area contributed by atoms with Crippen molar-refractivity contribution in [1.82, 2.24) is 9.88 Å². The zero-order valence-electron chi connectivity index (χ0n) is 18.8. The number of hydrogen-bond acceptors (Lipinski definition) is 6. The van der Waals surface area contributed by atoms with Crippen molar-refractivity contribution in [3.05, 3.63) is 94.1 Å². The first-order valence-electron chi connectivity index (χ1n) is 10.7. The van der Waals surface area contributed by atoms with Gasteiger partial charge in [-0.15, -0.1) is 11.3 Å². The van der Waals surface area contributed by atoms with Crippen LogP contribution in [0.25, 0.3) is 0 Å². The van der Waals surface area contributed by atoms with Gasteiger partial charge < -0.3 is 20.0 Å². The lowest BCUT2D eigenvalue weighted by atomic mass is 10.2. The van der Waals surface area contributed by atoms with Gasteiger partial charge in [-0.2, -0.15) is 0 Å². The van der Waals surface area contributed by atoms with E-state index in [2.05, 4.69) is 15.6 Å². The predicted molar refractivity (Wildman–Crippen MR) is 135 cm³/mol. The van der Waals surface area contributed by atoms with Crippen molar-refractivity contribution in [1.29, 1.82) is 0 Å². The Morgan fingerprint density at radius 3 is 2.71 bits per heavy atom. The summed E-state index contributed by atoms with van der Waals surface area (Å²) in [5.74, 6) is -0.435. The first-order valence-corrected chi connectivity index (χ1v) is 12.0. The van der Waals surface area contributed by atoms with Crippen LogP contribution in [-0.2, 0) is 11.3 Å². The van der Waals surface area contributed by atoms with Crippen molar-refractivity contribution >= 4 is 51.3 Å². The molecule has 0 unspecified atom stereocenters. The second-order valence-electron chi connectivity index (χ2n) is 7.73. The number of nitrogens with one attached hydrogen (secondary N) is 2. The third kappa shape index (κ3) is 6.68. The lowest BCUT2D eigenvalue weighted by molar-refractivity contribution is -0.116. The number of rotatable bonds is 9. The van der Waals surface area contributed by atoms with E-state index in [0.29, 0.717) is 21.6 Å². The average molecular weight is 513 g/mol. The Labute approximate surface area is 210 Å². The minimum absolute atomic E-state index is 0.0424. The molecule has 0 bridgehead atoms. The number of aryl methyl sites for hydroxylation is 1. The fraction of sp³-hybridized carbons (Fsp3) is 0.160. The minimum atomic E-state index is -0.388. The molecule has 10 heteroatoms. The molecule has 2 aromatic carbocycles. The number of carbonyl (C=O) groups excluding carboxylic acids is 2. The van der Waals surface area contributed by atoms with Gasteiger partial charge in [0.1, 0.15) is 17.3 Å². The second kappa shape index (κ2) is 11.2. The highest BCUT2D eigenvalue weighted by Gasteiger charge is 2.21. The van der Waals surface area contributed by atoms with Crippen LogP contribution in [0, 0.1) is 12.7 Å². The maximum absolute atomic E-state index is 13.3. The molecule has 0 saturated carbocycles. The Kier molecular flexibility index (Phi) is 7.79. The number of halogens is 2. The number of thiazole rings is 1. The molecule has 2 heterocycles. The van der Waals surface area contributed by atoms with Gasteiger partial charge >= 0.3 is 0 Å². The first-order chi connectivity index (χ1) is 16.9. The first kappa shape index (κ1) is 24.4. The van der Waals surface area contributed by atoms with Crippen molar-refractivity contribution in [2.24, 2.45) is 0 Å². The summed E-state index contributed by atoms with van der Waals surface area (Å²) < 4.78 is 18.5. The Balaban J connectivity index is 1.44. The van der Waals surface area contributed by atoms with Crippen molar-refractivity contribution < 1.29 is 18.4 Å². The third-order valence-corrected chi connectivity index (χ3v) is 6.11. The van der Waals surface area contributed by atoms with E-state index in [4.69, 9.17) is 16.0 Å². The Bertz CT molecular complexity index is 1310. The minimum Gasteiger partial charge on any atom is -0.467 e. The molecule has 180 valence electrons. The zero-order chi connectivity index (χ0) is 24.8. The molecule has 0 radical (unpaired) electrons. The molecule has 0 fully saturated rings. The van der Waals surface area contributed by atoms with Crippen LogP contribution in [0.15, 0.2) is 70.7 Å². The van der Waals surface area contributed by atoms with Gasteiger partial charge in [-0.3, -0.25) is 9.59 Å². The van der Waals surface area contributed by atoms with Gasteiger partial charge in [-0.1, -0.05) is 17.7 Å². The van der Waals surface area contributed by atoms with Gasteiger partial charge in [0.2, 0.25) is 5.91 Å². The second-order valence-corrected chi connectivity index (χ2v) is 9.03. The number of hydrogen-bond donors (Lipinski definition) is 2. The Morgan fingerprint density at radius 1 is 1.17 bits per heavy atom. The molecule has 2 aromatic heterocycles. The quantitative estimate of drug-likeness (QED) is 0.277. The number of carbonyl (C=O) groups is 2. The van der Waals surface area contributed by atoms with Crippen LogP contribution in [0.2, 0.25) is 5.02 Å². The van der Waals surface area contributed by atoms with Crippen molar-refractivity contribution in [2.45, 2.75) is 19.9 Å². The van der Waals surface area contributed by atoms with Crippen LogP contribution in [0.4, 0.5) is 20.9 Å². The number of anilines is 3. The standard InChI is InChI=1S/C25H22ClFN4O3S/c1-16-4-5-17(26)13-21(16)29-25-30-22(15-35-25)24(33)31(14-20-3-2-12-34-20)11-10-23(32)28-19-8-6-18(27)7-9-19/h2-9,12-13,15H,10-11,14H2,1H3,(H,28,32)(H,29,30). The molecule has 4 rings (SSSR count). The molecular weight excluding hydrogens is 491 g/mol. The van der Waals surface area contributed by atoms with E-state index in [1.165, 1.54) is 46.8 Å². The maximum atomic E-state index is 13.3. The van der Waals surface area contributed by atoms with Crippen molar-refractivity contribution in [3.63, 3.8) is 0 Å². The fourth-order valence-corrected chi connectivity index (χ4v) is 4.14. The summed E-state index contributed by atoms with van der Waals surface area (Å²) in [4.78, 5) is 31.6. The summed E-state index contributed by atoms with van der Waals surface area (Å²) in [6.45, 7) is 2.27. The number of furan rings is 1. The van der Waals surface area contributed by atoms with E-state index < -0.39 is 0 Å². The molecule has 2 amide bonds. The van der Waals surface area contributed by atoms with Gasteiger partial charge in [0.25, 0.3) is 5.91 Å². The summed E-state index contributed by atoms with van der Waals surface area (Å²) in [5.41, 5.74) is 2.52. The van der Waals surface area contributed by atoms with Crippen LogP contribution in [0.1, 0.15) is 28.2 Å². The summed E-state index contributed by atoms with van der Waals surface area (Å²) in [6, 6.07) is 14.5. The topological polar surface area (TPSA) is 87.5 Å². The molecule has 0 aliphatic heterocycles. The molecule has 0 aliphatic rings. The molecular formula is C25H22ClFN4O3S. The average Bonchev–Trinajstić information content (AvgIpc) is 3.52. The maximum Gasteiger partial charge on any atom is 0.273 e. The van der Waals surface area contributed by atoms with Crippen molar-refractivity contribution in [3.8, 4) is 0 Å². The monoisotopic (exact) mass is 512 g/mol. The summed E-state index contributed by atoms with van der Waals surface area (Å²) in [5, 5.41) is 8.70. The largest absolute Gasteiger partial charge is 0.467 e. The number of benzene rings is 2. The van der Waals surface area contributed by atoms with Gasteiger partial charge in [0.15, 0.2) is 5.13 Å². The van der Waals surface area contributed by atoms with Crippen LogP contribution in [0.5, 0.6) is 0 Å². The highest BCUT2D eigenvalue weighted by atomic mass is 35.5. The summed E-state index contributed by atoms with van der Waals surface area (Å²) in [6.07, 6.45) is 1.57. The highest BCUT2D eigenvalue weighted by Crippen LogP contribution is 2.27. The van der Waals surface area contributed by atoms with Gasteiger partial charge in [0.05, 0.1) is 12.8 Å². The normalized spacial score (nSPS) is 10.7. The van der Waals surface area contributed by atoms with E-state index >= 15 is 0 Å². The van der Waals surface area contributed by atoms with Crippen LogP contribution >= 0.6 is 22.9 Å².